The van der Waals surface area contributed by atoms with Crippen molar-refractivity contribution in [2.75, 3.05) is 6.61 Å². The van der Waals surface area contributed by atoms with Gasteiger partial charge in [0.05, 0.1) is 18.4 Å². The molecule has 0 aliphatic rings. The van der Waals surface area contributed by atoms with Crippen LogP contribution in [0.5, 0.6) is 0 Å². The van der Waals surface area contributed by atoms with Crippen molar-refractivity contribution in [3.05, 3.63) is 0 Å². The largest absolute Gasteiger partial charge is 0.481 e. The predicted octanol–water partition coefficient (Wildman–Crippen LogP) is 3.45. The molecule has 0 aromatic carbocycles. The molecule has 4 heteroatoms. The monoisotopic (exact) mass is 286 g/mol. The maximum atomic E-state index is 12.3. The molecule has 0 amide bonds. The van der Waals surface area contributed by atoms with E-state index in [1.165, 1.54) is 0 Å². The van der Waals surface area contributed by atoms with Crippen LogP contribution in [0.4, 0.5) is 0 Å². The van der Waals surface area contributed by atoms with E-state index in [-0.39, 0.29) is 36.2 Å². The number of rotatable bonds is 8. The molecule has 4 unspecified atom stereocenters. The number of hydrogen-bond donors (Lipinski definition) is 1. The van der Waals surface area contributed by atoms with Crippen molar-refractivity contribution in [3.8, 4) is 0 Å². The van der Waals surface area contributed by atoms with Gasteiger partial charge in [-0.15, -0.1) is 0 Å². The van der Waals surface area contributed by atoms with Crippen LogP contribution in [0.25, 0.3) is 0 Å². The summed E-state index contributed by atoms with van der Waals surface area (Å²) >= 11 is 0. The third-order valence-electron chi connectivity index (χ3n) is 4.47. The van der Waals surface area contributed by atoms with Crippen molar-refractivity contribution in [1.29, 1.82) is 0 Å². The average Bonchev–Trinajstić information content (AvgIpc) is 2.33. The maximum Gasteiger partial charge on any atom is 0.310 e. The van der Waals surface area contributed by atoms with E-state index in [0.29, 0.717) is 0 Å². The Kier molecular flexibility index (Phi) is 7.84. The number of aliphatic carboxylic acids is 1. The fourth-order valence-electron chi connectivity index (χ4n) is 2.46. The van der Waals surface area contributed by atoms with E-state index >= 15 is 0 Å². The molecule has 0 heterocycles. The minimum atomic E-state index is -0.906. The zero-order chi connectivity index (χ0) is 16.0. The summed E-state index contributed by atoms with van der Waals surface area (Å²) in [4.78, 5) is 24.0. The number of carbonyl (C=O) groups is 2. The van der Waals surface area contributed by atoms with Gasteiger partial charge in [-0.2, -0.15) is 0 Å². The first kappa shape index (κ1) is 18.9. The van der Waals surface area contributed by atoms with Crippen LogP contribution in [0.3, 0.4) is 0 Å². The van der Waals surface area contributed by atoms with E-state index in [0.717, 1.165) is 0 Å². The fourth-order valence-corrected chi connectivity index (χ4v) is 2.46. The predicted molar refractivity (Wildman–Crippen MR) is 79.3 cm³/mol. The van der Waals surface area contributed by atoms with Gasteiger partial charge in [0.1, 0.15) is 0 Å². The summed E-state index contributed by atoms with van der Waals surface area (Å²) in [5.74, 6) is -2.26. The van der Waals surface area contributed by atoms with Gasteiger partial charge in [-0.1, -0.05) is 41.5 Å². The van der Waals surface area contributed by atoms with Crippen LogP contribution in [0.1, 0.15) is 48.5 Å². The topological polar surface area (TPSA) is 63.6 Å². The lowest BCUT2D eigenvalue weighted by Crippen LogP contribution is -2.42. The summed E-state index contributed by atoms with van der Waals surface area (Å²) in [7, 11) is 0. The molecule has 0 bridgehead atoms. The zero-order valence-corrected chi connectivity index (χ0v) is 13.8. The summed E-state index contributed by atoms with van der Waals surface area (Å²) in [5.41, 5.74) is 0. The molecule has 0 aromatic rings. The molecule has 0 saturated carbocycles. The molecule has 0 radical (unpaired) electrons. The highest BCUT2D eigenvalue weighted by Gasteiger charge is 2.43. The minimum absolute atomic E-state index is 0.0312. The van der Waals surface area contributed by atoms with Gasteiger partial charge in [-0.05, 0) is 30.6 Å². The van der Waals surface area contributed by atoms with Crippen LogP contribution in [0.2, 0.25) is 0 Å². The number of carboxylic acid groups (broad SMARTS) is 1. The van der Waals surface area contributed by atoms with Gasteiger partial charge in [0.2, 0.25) is 0 Å². The summed E-state index contributed by atoms with van der Waals surface area (Å²) in [5, 5.41) is 9.60. The molecule has 4 nitrogen and oxygen atoms in total. The van der Waals surface area contributed by atoms with Crippen LogP contribution in [-0.4, -0.2) is 23.7 Å². The van der Waals surface area contributed by atoms with Crippen molar-refractivity contribution in [3.63, 3.8) is 0 Å². The van der Waals surface area contributed by atoms with Crippen LogP contribution in [0, 0.1) is 35.5 Å². The molecule has 0 aromatic heterocycles. The molecule has 0 saturated heterocycles. The smallest absolute Gasteiger partial charge is 0.310 e. The molecule has 1 N–H and O–H groups in total. The second kappa shape index (κ2) is 8.28. The standard InChI is InChI=1S/C16H30O4/c1-8-20-16(19)14(12(7)10(4)5)13(15(17)18)11(6)9(2)3/h9-14H,8H2,1-7H3,(H,17,18). The lowest BCUT2D eigenvalue weighted by atomic mass is 9.70. The number of ether oxygens (including phenoxy) is 1. The first-order valence-corrected chi connectivity index (χ1v) is 7.54. The normalized spacial score (nSPS) is 17.6. The maximum absolute atomic E-state index is 12.3. The molecule has 20 heavy (non-hydrogen) atoms. The Bertz CT molecular complexity index is 322. The van der Waals surface area contributed by atoms with E-state index in [1.807, 2.05) is 41.5 Å². The number of esters is 1. The molecular formula is C16H30O4. The van der Waals surface area contributed by atoms with E-state index in [9.17, 15) is 14.7 Å². The highest BCUT2D eigenvalue weighted by molar-refractivity contribution is 5.81. The van der Waals surface area contributed by atoms with Crippen molar-refractivity contribution >= 4 is 11.9 Å². The van der Waals surface area contributed by atoms with Gasteiger partial charge in [-0.25, -0.2) is 0 Å². The second-order valence-electron chi connectivity index (χ2n) is 6.35. The molecule has 0 aliphatic carbocycles. The van der Waals surface area contributed by atoms with Gasteiger partial charge < -0.3 is 9.84 Å². The third-order valence-corrected chi connectivity index (χ3v) is 4.47. The van der Waals surface area contributed by atoms with Gasteiger partial charge in [0, 0.05) is 0 Å². The molecule has 4 atom stereocenters. The van der Waals surface area contributed by atoms with Crippen molar-refractivity contribution in [2.45, 2.75) is 48.5 Å². The van der Waals surface area contributed by atoms with Gasteiger partial charge in [0.25, 0.3) is 0 Å². The Morgan fingerprint density at radius 1 is 0.900 bits per heavy atom. The molecular weight excluding hydrogens is 256 g/mol. The second-order valence-corrected chi connectivity index (χ2v) is 6.35. The van der Waals surface area contributed by atoms with Gasteiger partial charge in [0.15, 0.2) is 0 Å². The Hall–Kier alpha value is -1.06. The van der Waals surface area contributed by atoms with Crippen LogP contribution < -0.4 is 0 Å². The Balaban J connectivity index is 5.53. The van der Waals surface area contributed by atoms with Crippen LogP contribution in [-0.2, 0) is 14.3 Å². The van der Waals surface area contributed by atoms with E-state index in [1.54, 1.807) is 6.92 Å². The number of hydrogen-bond acceptors (Lipinski definition) is 3. The van der Waals surface area contributed by atoms with Crippen LogP contribution in [0.15, 0.2) is 0 Å². The summed E-state index contributed by atoms with van der Waals surface area (Å²) in [6.45, 7) is 13.9. The Morgan fingerprint density at radius 3 is 1.60 bits per heavy atom. The Morgan fingerprint density at radius 2 is 1.30 bits per heavy atom. The van der Waals surface area contributed by atoms with Crippen LogP contribution >= 0.6 is 0 Å². The van der Waals surface area contributed by atoms with E-state index in [2.05, 4.69) is 0 Å². The molecule has 0 aliphatic heterocycles. The van der Waals surface area contributed by atoms with Crippen molar-refractivity contribution < 1.29 is 19.4 Å². The zero-order valence-electron chi connectivity index (χ0n) is 13.8. The molecule has 0 rings (SSSR count). The summed E-state index contributed by atoms with van der Waals surface area (Å²) in [6.07, 6.45) is 0. The quantitative estimate of drug-likeness (QED) is 0.694. The van der Waals surface area contributed by atoms with E-state index < -0.39 is 17.8 Å². The van der Waals surface area contributed by atoms with Gasteiger partial charge >= 0.3 is 11.9 Å². The minimum Gasteiger partial charge on any atom is -0.481 e. The highest BCUT2D eigenvalue weighted by Crippen LogP contribution is 2.36. The third kappa shape index (κ3) is 4.80. The Labute approximate surface area is 122 Å². The van der Waals surface area contributed by atoms with E-state index in [4.69, 9.17) is 4.74 Å². The first-order valence-electron chi connectivity index (χ1n) is 7.54. The number of carbonyl (C=O) groups excluding carboxylic acids is 1. The lowest BCUT2D eigenvalue weighted by Gasteiger charge is -2.34. The number of carboxylic acids is 1. The SMILES string of the molecule is CCOC(=O)C(C(C)C(C)C)C(C(=O)O)C(C)C(C)C. The molecule has 0 spiro atoms. The fraction of sp³-hybridized carbons (Fsp3) is 0.875. The first-order chi connectivity index (χ1) is 9.14. The lowest BCUT2D eigenvalue weighted by molar-refractivity contribution is -0.163. The average molecular weight is 286 g/mol. The van der Waals surface area contributed by atoms with Crippen molar-refractivity contribution in [1.82, 2.24) is 0 Å². The summed E-state index contributed by atoms with van der Waals surface area (Å²) in [6, 6.07) is 0. The highest BCUT2D eigenvalue weighted by atomic mass is 16.5. The molecule has 118 valence electrons. The van der Waals surface area contributed by atoms with Crippen molar-refractivity contribution in [2.24, 2.45) is 35.5 Å². The summed E-state index contributed by atoms with van der Waals surface area (Å²) < 4.78 is 5.13. The molecule has 0 fully saturated rings. The van der Waals surface area contributed by atoms with Gasteiger partial charge in [-0.3, -0.25) is 9.59 Å².